The first-order valence-electron chi connectivity index (χ1n) is 7.89. The summed E-state index contributed by atoms with van der Waals surface area (Å²) in [6.45, 7) is 5.54. The zero-order valence-corrected chi connectivity index (χ0v) is 12.3. The lowest BCUT2D eigenvalue weighted by Crippen LogP contribution is -2.33. The van der Waals surface area contributed by atoms with Gasteiger partial charge in [0.1, 0.15) is 0 Å². The highest BCUT2D eigenvalue weighted by Crippen LogP contribution is 2.31. The highest BCUT2D eigenvalue weighted by Gasteiger charge is 2.25. The summed E-state index contributed by atoms with van der Waals surface area (Å²) in [4.78, 5) is 4.56. The van der Waals surface area contributed by atoms with Crippen LogP contribution in [0.1, 0.15) is 76.4 Å². The van der Waals surface area contributed by atoms with Gasteiger partial charge in [0.25, 0.3) is 0 Å². The molecule has 0 amide bonds. The molecule has 2 rings (SSSR count). The summed E-state index contributed by atoms with van der Waals surface area (Å²) in [5.74, 6) is 2.26. The second-order valence-electron chi connectivity index (χ2n) is 5.66. The third-order valence-electron chi connectivity index (χ3n) is 4.00. The standard InChI is InChI=1S/C15H27N3O/c1-3-5-6-14-17-15(19-18-14)12-7-9-13(10-8-12)16-11-4-2/h12-13,16H,3-11H2,1-2H3. The van der Waals surface area contributed by atoms with Crippen molar-refractivity contribution in [2.24, 2.45) is 0 Å². The largest absolute Gasteiger partial charge is 0.339 e. The van der Waals surface area contributed by atoms with Crippen molar-refractivity contribution in [2.75, 3.05) is 6.54 Å². The zero-order chi connectivity index (χ0) is 13.5. The summed E-state index contributed by atoms with van der Waals surface area (Å²) in [7, 11) is 0. The minimum atomic E-state index is 0.488. The highest BCUT2D eigenvalue weighted by molar-refractivity contribution is 4.97. The number of hydrogen-bond donors (Lipinski definition) is 1. The van der Waals surface area contributed by atoms with Crippen LogP contribution in [-0.2, 0) is 6.42 Å². The van der Waals surface area contributed by atoms with Gasteiger partial charge in [-0.3, -0.25) is 0 Å². The average molecular weight is 265 g/mol. The van der Waals surface area contributed by atoms with Crippen LogP contribution < -0.4 is 5.32 Å². The van der Waals surface area contributed by atoms with E-state index < -0.39 is 0 Å². The molecule has 1 heterocycles. The fourth-order valence-electron chi connectivity index (χ4n) is 2.76. The molecule has 0 atom stereocenters. The molecular weight excluding hydrogens is 238 g/mol. The van der Waals surface area contributed by atoms with Gasteiger partial charge < -0.3 is 9.84 Å². The van der Waals surface area contributed by atoms with Crippen molar-refractivity contribution >= 4 is 0 Å². The quantitative estimate of drug-likeness (QED) is 0.820. The topological polar surface area (TPSA) is 51.0 Å². The van der Waals surface area contributed by atoms with Crippen LogP contribution in [0.5, 0.6) is 0 Å². The van der Waals surface area contributed by atoms with E-state index in [-0.39, 0.29) is 0 Å². The Kier molecular flexibility index (Phi) is 5.83. The van der Waals surface area contributed by atoms with Gasteiger partial charge in [0, 0.05) is 18.4 Å². The van der Waals surface area contributed by atoms with Crippen molar-refractivity contribution in [3.8, 4) is 0 Å². The number of nitrogens with one attached hydrogen (secondary N) is 1. The van der Waals surface area contributed by atoms with Gasteiger partial charge in [-0.25, -0.2) is 0 Å². The Labute approximate surface area is 116 Å². The maximum Gasteiger partial charge on any atom is 0.229 e. The van der Waals surface area contributed by atoms with Gasteiger partial charge in [-0.2, -0.15) is 4.98 Å². The molecule has 0 aromatic carbocycles. The van der Waals surface area contributed by atoms with E-state index in [1.54, 1.807) is 0 Å². The summed E-state index contributed by atoms with van der Waals surface area (Å²) in [6.07, 6.45) is 9.31. The van der Waals surface area contributed by atoms with Crippen LogP contribution in [0.15, 0.2) is 4.52 Å². The lowest BCUT2D eigenvalue weighted by molar-refractivity contribution is 0.282. The highest BCUT2D eigenvalue weighted by atomic mass is 16.5. The van der Waals surface area contributed by atoms with Crippen LogP contribution >= 0.6 is 0 Å². The second kappa shape index (κ2) is 7.63. The lowest BCUT2D eigenvalue weighted by atomic mass is 9.86. The summed E-state index contributed by atoms with van der Waals surface area (Å²) < 4.78 is 5.44. The molecule has 4 nitrogen and oxygen atoms in total. The molecule has 0 saturated heterocycles. The van der Waals surface area contributed by atoms with Gasteiger partial charge in [0.2, 0.25) is 5.89 Å². The smallest absolute Gasteiger partial charge is 0.229 e. The van der Waals surface area contributed by atoms with E-state index in [4.69, 9.17) is 4.52 Å². The molecule has 1 aromatic rings. The monoisotopic (exact) mass is 265 g/mol. The molecule has 0 radical (unpaired) electrons. The van der Waals surface area contributed by atoms with Gasteiger partial charge in [-0.1, -0.05) is 25.4 Å². The summed E-state index contributed by atoms with van der Waals surface area (Å²) in [5.41, 5.74) is 0. The van der Waals surface area contributed by atoms with E-state index >= 15 is 0 Å². The minimum Gasteiger partial charge on any atom is -0.339 e. The number of nitrogens with zero attached hydrogens (tertiary/aromatic N) is 2. The molecule has 0 unspecified atom stereocenters. The molecule has 1 aliphatic carbocycles. The third kappa shape index (κ3) is 4.30. The molecule has 0 spiro atoms. The number of aromatic nitrogens is 2. The van der Waals surface area contributed by atoms with Crippen LogP contribution in [0.2, 0.25) is 0 Å². The Morgan fingerprint density at radius 1 is 1.16 bits per heavy atom. The van der Waals surface area contributed by atoms with Gasteiger partial charge in [-0.05, 0) is 45.1 Å². The number of aryl methyl sites for hydroxylation is 1. The van der Waals surface area contributed by atoms with Crippen molar-refractivity contribution < 1.29 is 4.52 Å². The molecule has 1 aliphatic rings. The van der Waals surface area contributed by atoms with Crippen LogP contribution in [0.4, 0.5) is 0 Å². The average Bonchev–Trinajstić information content (AvgIpc) is 2.92. The summed E-state index contributed by atoms with van der Waals surface area (Å²) in [6, 6.07) is 0.693. The first-order chi connectivity index (χ1) is 9.33. The Balaban J connectivity index is 1.78. The lowest BCUT2D eigenvalue weighted by Gasteiger charge is -2.27. The Morgan fingerprint density at radius 2 is 1.95 bits per heavy atom. The van der Waals surface area contributed by atoms with Gasteiger partial charge in [-0.15, -0.1) is 0 Å². The number of unbranched alkanes of at least 4 members (excludes halogenated alkanes) is 1. The fourth-order valence-corrected chi connectivity index (χ4v) is 2.76. The molecule has 4 heteroatoms. The van der Waals surface area contributed by atoms with Crippen molar-refractivity contribution in [3.05, 3.63) is 11.7 Å². The Hall–Kier alpha value is -0.900. The van der Waals surface area contributed by atoms with Crippen molar-refractivity contribution in [2.45, 2.75) is 77.2 Å². The maximum absolute atomic E-state index is 5.44. The zero-order valence-electron chi connectivity index (χ0n) is 12.3. The van der Waals surface area contributed by atoms with Crippen LogP contribution in [0, 0.1) is 0 Å². The molecule has 1 fully saturated rings. The van der Waals surface area contributed by atoms with E-state index in [0.717, 1.165) is 31.1 Å². The fraction of sp³-hybridized carbons (Fsp3) is 0.867. The van der Waals surface area contributed by atoms with Gasteiger partial charge in [0.15, 0.2) is 5.82 Å². The SMILES string of the molecule is CCCCc1noc(C2CCC(NCCC)CC2)n1. The number of hydrogen-bond acceptors (Lipinski definition) is 4. The number of rotatable bonds is 7. The van der Waals surface area contributed by atoms with Gasteiger partial charge in [0.05, 0.1) is 0 Å². The van der Waals surface area contributed by atoms with E-state index in [1.165, 1.54) is 38.5 Å². The van der Waals surface area contributed by atoms with Crippen LogP contribution in [0.25, 0.3) is 0 Å². The summed E-state index contributed by atoms with van der Waals surface area (Å²) in [5, 5.41) is 7.71. The van der Waals surface area contributed by atoms with E-state index in [2.05, 4.69) is 29.3 Å². The molecule has 0 aliphatic heterocycles. The van der Waals surface area contributed by atoms with Crippen molar-refractivity contribution in [1.29, 1.82) is 0 Å². The molecule has 0 bridgehead atoms. The minimum absolute atomic E-state index is 0.488. The Bertz CT molecular complexity index is 356. The van der Waals surface area contributed by atoms with Crippen LogP contribution in [-0.4, -0.2) is 22.7 Å². The first kappa shape index (κ1) is 14.5. The molecule has 1 aromatic heterocycles. The predicted molar refractivity (Wildman–Crippen MR) is 76.2 cm³/mol. The molecular formula is C15H27N3O. The van der Waals surface area contributed by atoms with Crippen molar-refractivity contribution in [3.63, 3.8) is 0 Å². The Morgan fingerprint density at radius 3 is 2.63 bits per heavy atom. The van der Waals surface area contributed by atoms with Crippen LogP contribution in [0.3, 0.4) is 0 Å². The molecule has 1 saturated carbocycles. The first-order valence-corrected chi connectivity index (χ1v) is 7.89. The second-order valence-corrected chi connectivity index (χ2v) is 5.66. The van der Waals surface area contributed by atoms with E-state index in [1.807, 2.05) is 0 Å². The normalized spacial score (nSPS) is 23.7. The summed E-state index contributed by atoms with van der Waals surface area (Å²) >= 11 is 0. The van der Waals surface area contributed by atoms with E-state index in [9.17, 15) is 0 Å². The molecule has 19 heavy (non-hydrogen) atoms. The maximum atomic E-state index is 5.44. The molecule has 1 N–H and O–H groups in total. The third-order valence-corrected chi connectivity index (χ3v) is 4.00. The predicted octanol–water partition coefficient (Wildman–Crippen LogP) is 3.44. The van der Waals surface area contributed by atoms with Crippen molar-refractivity contribution in [1.82, 2.24) is 15.5 Å². The van der Waals surface area contributed by atoms with E-state index in [0.29, 0.717) is 12.0 Å². The van der Waals surface area contributed by atoms with Gasteiger partial charge >= 0.3 is 0 Å². The molecule has 108 valence electrons.